The number of hydrogen-bond donors (Lipinski definition) is 2. The Bertz CT molecular complexity index is 196. The zero-order chi connectivity index (χ0) is 12.6. The van der Waals surface area contributed by atoms with Gasteiger partial charge in [0.1, 0.15) is 0 Å². The molecule has 16 heavy (non-hydrogen) atoms. The van der Waals surface area contributed by atoms with Crippen LogP contribution in [-0.2, 0) is 9.53 Å². The molecule has 96 valence electrons. The summed E-state index contributed by atoms with van der Waals surface area (Å²) in [5, 5.41) is 19.1. The second-order valence-corrected chi connectivity index (χ2v) is 4.85. The highest BCUT2D eigenvalue weighted by molar-refractivity contribution is 5.68. The molecule has 0 fully saturated rings. The predicted molar refractivity (Wildman–Crippen MR) is 62.0 cm³/mol. The van der Waals surface area contributed by atoms with E-state index in [2.05, 4.69) is 4.74 Å². The second-order valence-electron chi connectivity index (χ2n) is 4.85. The molecule has 0 bridgehead atoms. The van der Waals surface area contributed by atoms with Crippen molar-refractivity contribution in [3.8, 4) is 0 Å². The van der Waals surface area contributed by atoms with Crippen molar-refractivity contribution in [3.05, 3.63) is 0 Å². The molecule has 0 saturated heterocycles. The third-order valence-electron chi connectivity index (χ3n) is 2.38. The quantitative estimate of drug-likeness (QED) is 0.493. The summed E-state index contributed by atoms with van der Waals surface area (Å²) in [5.74, 6) is -0.183. The summed E-state index contributed by atoms with van der Waals surface area (Å²) in [7, 11) is 1.38. The molecule has 1 atom stereocenters. The number of carbonyl (C=O) groups is 1. The van der Waals surface area contributed by atoms with E-state index in [1.54, 1.807) is 13.8 Å². The van der Waals surface area contributed by atoms with Crippen molar-refractivity contribution in [3.63, 3.8) is 0 Å². The molecule has 0 amide bonds. The van der Waals surface area contributed by atoms with E-state index in [9.17, 15) is 15.0 Å². The predicted octanol–water partition coefficient (Wildman–Crippen LogP) is 1.63. The topological polar surface area (TPSA) is 66.8 Å². The fraction of sp³-hybridized carbons (Fsp3) is 0.917. The number of unbranched alkanes of at least 4 members (excludes halogenated alkanes) is 2. The Balaban J connectivity index is 3.41. The van der Waals surface area contributed by atoms with E-state index < -0.39 is 11.7 Å². The standard InChI is InChI=1S/C12H24O4/c1-12(2,15)9-10(13)7-5-4-6-8-11(14)16-3/h10,13,15H,4-9H2,1-3H3. The van der Waals surface area contributed by atoms with Crippen LogP contribution in [-0.4, -0.2) is 35.0 Å². The molecule has 0 saturated carbocycles. The number of hydrogen-bond acceptors (Lipinski definition) is 4. The van der Waals surface area contributed by atoms with Gasteiger partial charge in [0.15, 0.2) is 0 Å². The molecule has 0 aromatic heterocycles. The van der Waals surface area contributed by atoms with Crippen molar-refractivity contribution < 1.29 is 19.7 Å². The number of rotatable bonds is 8. The molecular weight excluding hydrogens is 208 g/mol. The first-order valence-corrected chi connectivity index (χ1v) is 5.82. The van der Waals surface area contributed by atoms with E-state index in [1.807, 2.05) is 0 Å². The Morgan fingerprint density at radius 3 is 2.44 bits per heavy atom. The smallest absolute Gasteiger partial charge is 0.305 e. The Labute approximate surface area is 97.6 Å². The maximum atomic E-state index is 10.8. The number of aliphatic hydroxyl groups excluding tert-OH is 1. The lowest BCUT2D eigenvalue weighted by Crippen LogP contribution is -2.26. The van der Waals surface area contributed by atoms with Gasteiger partial charge in [0, 0.05) is 12.8 Å². The van der Waals surface area contributed by atoms with Crippen LogP contribution in [0.1, 0.15) is 52.4 Å². The maximum Gasteiger partial charge on any atom is 0.305 e. The van der Waals surface area contributed by atoms with Crippen molar-refractivity contribution in [1.29, 1.82) is 0 Å². The molecule has 0 heterocycles. The molecule has 2 N–H and O–H groups in total. The van der Waals surface area contributed by atoms with Gasteiger partial charge in [-0.1, -0.05) is 12.8 Å². The van der Waals surface area contributed by atoms with Crippen LogP contribution in [0.3, 0.4) is 0 Å². The van der Waals surface area contributed by atoms with E-state index in [0.29, 0.717) is 19.3 Å². The largest absolute Gasteiger partial charge is 0.469 e. The van der Waals surface area contributed by atoms with Gasteiger partial charge in [-0.05, 0) is 26.7 Å². The first-order chi connectivity index (χ1) is 7.35. The molecule has 4 heteroatoms. The summed E-state index contributed by atoms with van der Waals surface area (Å²) in [6, 6.07) is 0. The minimum atomic E-state index is -0.814. The van der Waals surface area contributed by atoms with Gasteiger partial charge in [0.2, 0.25) is 0 Å². The lowest BCUT2D eigenvalue weighted by molar-refractivity contribution is -0.140. The van der Waals surface area contributed by atoms with Crippen molar-refractivity contribution in [1.82, 2.24) is 0 Å². The average Bonchev–Trinajstić information content (AvgIpc) is 2.14. The fourth-order valence-electron chi connectivity index (χ4n) is 1.61. The van der Waals surface area contributed by atoms with Gasteiger partial charge >= 0.3 is 5.97 Å². The number of methoxy groups -OCH3 is 1. The van der Waals surface area contributed by atoms with Crippen LogP contribution in [0.25, 0.3) is 0 Å². The lowest BCUT2D eigenvalue weighted by atomic mass is 9.97. The second kappa shape index (κ2) is 7.63. The van der Waals surface area contributed by atoms with Gasteiger partial charge in [0.05, 0.1) is 18.8 Å². The first-order valence-electron chi connectivity index (χ1n) is 5.82. The first kappa shape index (κ1) is 15.4. The van der Waals surface area contributed by atoms with E-state index in [4.69, 9.17) is 0 Å². The van der Waals surface area contributed by atoms with Crippen LogP contribution >= 0.6 is 0 Å². The van der Waals surface area contributed by atoms with Crippen LogP contribution in [0.5, 0.6) is 0 Å². The molecule has 1 unspecified atom stereocenters. The van der Waals surface area contributed by atoms with Crippen LogP contribution < -0.4 is 0 Å². The monoisotopic (exact) mass is 232 g/mol. The van der Waals surface area contributed by atoms with Gasteiger partial charge in [-0.25, -0.2) is 0 Å². The van der Waals surface area contributed by atoms with Crippen LogP contribution in [0.4, 0.5) is 0 Å². The van der Waals surface area contributed by atoms with Crippen LogP contribution in [0.15, 0.2) is 0 Å². The SMILES string of the molecule is COC(=O)CCCCCC(O)CC(C)(C)O. The van der Waals surface area contributed by atoms with Crippen molar-refractivity contribution >= 4 is 5.97 Å². The zero-order valence-corrected chi connectivity index (χ0v) is 10.5. The minimum absolute atomic E-state index is 0.183. The number of esters is 1. The highest BCUT2D eigenvalue weighted by Crippen LogP contribution is 2.15. The van der Waals surface area contributed by atoms with E-state index in [1.165, 1.54) is 7.11 Å². The Morgan fingerprint density at radius 2 is 1.94 bits per heavy atom. The van der Waals surface area contributed by atoms with Gasteiger partial charge in [-0.2, -0.15) is 0 Å². The van der Waals surface area contributed by atoms with E-state index in [0.717, 1.165) is 19.3 Å². The third kappa shape index (κ3) is 9.93. The molecule has 0 aliphatic carbocycles. The van der Waals surface area contributed by atoms with E-state index >= 15 is 0 Å². The van der Waals surface area contributed by atoms with Crippen molar-refractivity contribution in [2.45, 2.75) is 64.1 Å². The maximum absolute atomic E-state index is 10.8. The Hall–Kier alpha value is -0.610. The van der Waals surface area contributed by atoms with Crippen LogP contribution in [0.2, 0.25) is 0 Å². The summed E-state index contributed by atoms with van der Waals surface area (Å²) in [4.78, 5) is 10.8. The molecule has 0 radical (unpaired) electrons. The molecule has 0 aliphatic heterocycles. The lowest BCUT2D eigenvalue weighted by Gasteiger charge is -2.21. The molecule has 4 nitrogen and oxygen atoms in total. The minimum Gasteiger partial charge on any atom is -0.469 e. The fourth-order valence-corrected chi connectivity index (χ4v) is 1.61. The Kier molecular flexibility index (Phi) is 7.34. The molecule has 0 aromatic carbocycles. The molecule has 0 aliphatic rings. The zero-order valence-electron chi connectivity index (χ0n) is 10.5. The summed E-state index contributed by atoms with van der Waals surface area (Å²) < 4.78 is 4.52. The molecular formula is C12H24O4. The molecule has 0 spiro atoms. The Morgan fingerprint density at radius 1 is 1.31 bits per heavy atom. The van der Waals surface area contributed by atoms with Crippen molar-refractivity contribution in [2.75, 3.05) is 7.11 Å². The summed E-state index contributed by atoms with van der Waals surface area (Å²) >= 11 is 0. The van der Waals surface area contributed by atoms with Gasteiger partial charge in [-0.3, -0.25) is 4.79 Å². The van der Waals surface area contributed by atoms with Crippen LogP contribution in [0, 0.1) is 0 Å². The summed E-state index contributed by atoms with van der Waals surface area (Å²) in [5.41, 5.74) is -0.814. The molecule has 0 aromatic rings. The highest BCUT2D eigenvalue weighted by atomic mass is 16.5. The van der Waals surface area contributed by atoms with Gasteiger partial charge in [0.25, 0.3) is 0 Å². The highest BCUT2D eigenvalue weighted by Gasteiger charge is 2.17. The van der Waals surface area contributed by atoms with E-state index in [-0.39, 0.29) is 5.97 Å². The normalized spacial score (nSPS) is 13.6. The number of ether oxygens (including phenoxy) is 1. The summed E-state index contributed by atoms with van der Waals surface area (Å²) in [6.45, 7) is 3.38. The van der Waals surface area contributed by atoms with Crippen molar-refractivity contribution in [2.24, 2.45) is 0 Å². The summed E-state index contributed by atoms with van der Waals surface area (Å²) in [6.07, 6.45) is 3.61. The van der Waals surface area contributed by atoms with Gasteiger partial charge < -0.3 is 14.9 Å². The van der Waals surface area contributed by atoms with Gasteiger partial charge in [-0.15, -0.1) is 0 Å². The number of aliphatic hydroxyl groups is 2. The average molecular weight is 232 g/mol. The number of carbonyl (C=O) groups excluding carboxylic acids is 1. The third-order valence-corrected chi connectivity index (χ3v) is 2.38. The molecule has 0 rings (SSSR count).